The van der Waals surface area contributed by atoms with Crippen LogP contribution in [0, 0.1) is 17.0 Å². The summed E-state index contributed by atoms with van der Waals surface area (Å²) < 4.78 is 29.8. The minimum absolute atomic E-state index is 0.0942. The third-order valence-corrected chi connectivity index (χ3v) is 7.12. The van der Waals surface area contributed by atoms with Gasteiger partial charge in [-0.1, -0.05) is 13.0 Å². The molecule has 3 rings (SSSR count). The highest BCUT2D eigenvalue weighted by Gasteiger charge is 2.20. The molecular formula is C21H19N3O7S2. The molecule has 0 aliphatic carbocycles. The number of thiophene rings is 1. The number of aryl methyl sites for hydroxylation is 2. The van der Waals surface area contributed by atoms with Gasteiger partial charge in [0.15, 0.2) is 0 Å². The Kier molecular flexibility index (Phi) is 7.09. The fourth-order valence-corrected chi connectivity index (χ4v) is 4.80. The van der Waals surface area contributed by atoms with Crippen LogP contribution in [0.5, 0.6) is 5.75 Å². The molecule has 2 aromatic carbocycles. The molecule has 3 aromatic rings. The van der Waals surface area contributed by atoms with Gasteiger partial charge in [0.1, 0.15) is 10.6 Å². The maximum atomic E-state index is 12.4. The van der Waals surface area contributed by atoms with Gasteiger partial charge in [-0.25, -0.2) is 0 Å². The number of non-ortho nitro benzene ring substituents is 1. The van der Waals surface area contributed by atoms with Crippen molar-refractivity contribution in [3.8, 4) is 5.75 Å². The van der Waals surface area contributed by atoms with Crippen LogP contribution < -0.4 is 15.0 Å². The van der Waals surface area contributed by atoms with Crippen LogP contribution >= 0.6 is 11.3 Å². The van der Waals surface area contributed by atoms with Crippen LogP contribution in [-0.4, -0.2) is 25.2 Å². The first-order chi connectivity index (χ1) is 15.6. The lowest BCUT2D eigenvalue weighted by Crippen LogP contribution is -2.41. The van der Waals surface area contributed by atoms with E-state index in [2.05, 4.69) is 10.9 Å². The van der Waals surface area contributed by atoms with Gasteiger partial charge >= 0.3 is 10.1 Å². The Hall–Kier alpha value is -3.77. The van der Waals surface area contributed by atoms with Crippen molar-refractivity contribution in [2.75, 3.05) is 0 Å². The molecule has 10 nitrogen and oxygen atoms in total. The number of hydrogen-bond donors (Lipinski definition) is 2. The predicted molar refractivity (Wildman–Crippen MR) is 121 cm³/mol. The number of hydrogen-bond acceptors (Lipinski definition) is 8. The van der Waals surface area contributed by atoms with Gasteiger partial charge < -0.3 is 4.18 Å². The molecule has 0 aliphatic rings. The van der Waals surface area contributed by atoms with E-state index in [9.17, 15) is 28.1 Å². The summed E-state index contributed by atoms with van der Waals surface area (Å²) in [6.45, 7) is 3.90. The molecule has 2 amide bonds. The molecule has 1 heterocycles. The predicted octanol–water partition coefficient (Wildman–Crippen LogP) is 3.37. The van der Waals surface area contributed by atoms with Gasteiger partial charge in [-0.3, -0.25) is 30.6 Å². The number of amides is 2. The van der Waals surface area contributed by atoms with Crippen molar-refractivity contribution in [2.45, 2.75) is 25.2 Å². The highest BCUT2D eigenvalue weighted by Crippen LogP contribution is 2.23. The lowest BCUT2D eigenvalue weighted by Gasteiger charge is -2.09. The van der Waals surface area contributed by atoms with Crippen molar-refractivity contribution >= 4 is 39.0 Å². The zero-order chi connectivity index (χ0) is 24.2. The molecule has 172 valence electrons. The van der Waals surface area contributed by atoms with Gasteiger partial charge in [0, 0.05) is 22.6 Å². The zero-order valence-electron chi connectivity index (χ0n) is 17.5. The smallest absolute Gasteiger partial charge is 0.339 e. The molecule has 0 unspecified atom stereocenters. The molecule has 2 N–H and O–H groups in total. The second-order valence-corrected chi connectivity index (χ2v) is 9.48. The van der Waals surface area contributed by atoms with Crippen LogP contribution in [0.2, 0.25) is 0 Å². The number of carbonyl (C=O) groups is 2. The van der Waals surface area contributed by atoms with Gasteiger partial charge in [0.2, 0.25) is 0 Å². The monoisotopic (exact) mass is 489 g/mol. The van der Waals surface area contributed by atoms with Crippen LogP contribution in [0.25, 0.3) is 0 Å². The molecule has 0 saturated heterocycles. The summed E-state index contributed by atoms with van der Waals surface area (Å²) in [5, 5.41) is 10.9. The SMILES string of the molecule is CCc1sc(C(=O)NNC(=O)c2ccc(OS(=O)(=O)c3cccc([N+](=O)[O-])c3)cc2)cc1C. The number of hydrazine groups is 1. The Bertz CT molecular complexity index is 1320. The van der Waals surface area contributed by atoms with Gasteiger partial charge in [0.25, 0.3) is 17.5 Å². The summed E-state index contributed by atoms with van der Waals surface area (Å²) in [6.07, 6.45) is 0.807. The lowest BCUT2D eigenvalue weighted by molar-refractivity contribution is -0.385. The molecule has 0 radical (unpaired) electrons. The highest BCUT2D eigenvalue weighted by molar-refractivity contribution is 7.87. The normalized spacial score (nSPS) is 11.0. The van der Waals surface area contributed by atoms with E-state index >= 15 is 0 Å². The van der Waals surface area contributed by atoms with Crippen molar-refractivity contribution in [2.24, 2.45) is 0 Å². The lowest BCUT2D eigenvalue weighted by atomic mass is 10.2. The average molecular weight is 490 g/mol. The van der Waals surface area contributed by atoms with Gasteiger partial charge in [-0.15, -0.1) is 11.3 Å². The maximum absolute atomic E-state index is 12.4. The van der Waals surface area contributed by atoms with Crippen LogP contribution in [0.3, 0.4) is 0 Å². The van der Waals surface area contributed by atoms with E-state index in [1.807, 2.05) is 13.8 Å². The molecule has 0 spiro atoms. The van der Waals surface area contributed by atoms with Crippen molar-refractivity contribution in [3.63, 3.8) is 0 Å². The molecule has 1 aromatic heterocycles. The standard InChI is InChI=1S/C21H19N3O7S2/c1-3-18-13(2)11-19(32-18)21(26)23-22-20(25)14-7-9-16(10-8-14)31-33(29,30)17-6-4-5-15(12-17)24(27)28/h4-12H,3H2,1-2H3,(H,22,25)(H,23,26). The fourth-order valence-electron chi connectivity index (χ4n) is 2.82. The van der Waals surface area contributed by atoms with Crippen molar-refractivity contribution in [1.29, 1.82) is 0 Å². The highest BCUT2D eigenvalue weighted by atomic mass is 32.2. The van der Waals surface area contributed by atoms with E-state index in [0.717, 1.165) is 29.0 Å². The number of benzene rings is 2. The molecule has 0 saturated carbocycles. The second kappa shape index (κ2) is 9.79. The summed E-state index contributed by atoms with van der Waals surface area (Å²) in [4.78, 5) is 35.8. The number of nitro groups is 1. The van der Waals surface area contributed by atoms with Crippen LogP contribution in [0.1, 0.15) is 37.4 Å². The Morgan fingerprint density at radius 1 is 1.06 bits per heavy atom. The number of carbonyl (C=O) groups excluding carboxylic acids is 2. The van der Waals surface area contributed by atoms with E-state index in [4.69, 9.17) is 4.18 Å². The average Bonchev–Trinajstić information content (AvgIpc) is 3.18. The first kappa shape index (κ1) is 23.9. The van der Waals surface area contributed by atoms with E-state index in [0.29, 0.717) is 4.88 Å². The molecule has 0 fully saturated rings. The number of rotatable bonds is 7. The zero-order valence-corrected chi connectivity index (χ0v) is 19.2. The van der Waals surface area contributed by atoms with Crippen molar-refractivity contribution < 1.29 is 27.1 Å². The van der Waals surface area contributed by atoms with E-state index in [1.165, 1.54) is 47.7 Å². The van der Waals surface area contributed by atoms with E-state index in [1.54, 1.807) is 6.07 Å². The summed E-state index contributed by atoms with van der Waals surface area (Å²) in [5.41, 5.74) is 5.40. The van der Waals surface area contributed by atoms with Crippen LogP contribution in [-0.2, 0) is 16.5 Å². The molecule has 0 atom stereocenters. The molecular weight excluding hydrogens is 470 g/mol. The fraction of sp³-hybridized carbons (Fsp3) is 0.143. The summed E-state index contributed by atoms with van der Waals surface area (Å²) in [6, 6.07) is 11.3. The van der Waals surface area contributed by atoms with Gasteiger partial charge in [-0.05, 0) is 55.3 Å². The van der Waals surface area contributed by atoms with Gasteiger partial charge in [-0.2, -0.15) is 8.42 Å². The molecule has 12 heteroatoms. The van der Waals surface area contributed by atoms with Crippen LogP contribution in [0.15, 0.2) is 59.5 Å². The Morgan fingerprint density at radius 3 is 2.33 bits per heavy atom. The molecule has 0 bridgehead atoms. The van der Waals surface area contributed by atoms with Gasteiger partial charge in [0.05, 0.1) is 9.80 Å². The van der Waals surface area contributed by atoms with E-state index < -0.39 is 32.5 Å². The summed E-state index contributed by atoms with van der Waals surface area (Å²) >= 11 is 1.35. The maximum Gasteiger partial charge on any atom is 0.339 e. The first-order valence-electron chi connectivity index (χ1n) is 9.59. The topological polar surface area (TPSA) is 145 Å². The first-order valence-corrected chi connectivity index (χ1v) is 11.8. The number of nitrogens with zero attached hydrogens (tertiary/aromatic N) is 1. The Balaban J connectivity index is 1.63. The Labute approximate surface area is 193 Å². The summed E-state index contributed by atoms with van der Waals surface area (Å²) in [5.74, 6) is -1.15. The Morgan fingerprint density at radius 2 is 1.73 bits per heavy atom. The summed E-state index contributed by atoms with van der Waals surface area (Å²) in [7, 11) is -4.32. The number of nitro benzene ring substituents is 1. The minimum atomic E-state index is -4.32. The second-order valence-electron chi connectivity index (χ2n) is 6.79. The minimum Gasteiger partial charge on any atom is -0.379 e. The van der Waals surface area contributed by atoms with Crippen molar-refractivity contribution in [3.05, 3.63) is 85.6 Å². The molecule has 0 aliphatic heterocycles. The largest absolute Gasteiger partial charge is 0.379 e. The third-order valence-electron chi connectivity index (χ3n) is 4.49. The van der Waals surface area contributed by atoms with E-state index in [-0.39, 0.29) is 16.2 Å². The third kappa shape index (κ3) is 5.73. The molecule has 33 heavy (non-hydrogen) atoms. The van der Waals surface area contributed by atoms with Crippen LogP contribution in [0.4, 0.5) is 5.69 Å². The number of nitrogens with one attached hydrogen (secondary N) is 2. The van der Waals surface area contributed by atoms with Crippen molar-refractivity contribution in [1.82, 2.24) is 10.9 Å². The quantitative estimate of drug-likeness (QED) is 0.294.